The Hall–Kier alpha value is -1.61. The predicted molar refractivity (Wildman–Crippen MR) is 72.3 cm³/mol. The molecule has 0 spiro atoms. The molecule has 2 rings (SSSR count). The molecule has 0 saturated heterocycles. The van der Waals surface area contributed by atoms with Crippen LogP contribution in [0.5, 0.6) is 5.88 Å². The Bertz CT molecular complexity index is 569. The van der Waals surface area contributed by atoms with Crippen molar-refractivity contribution in [3.63, 3.8) is 0 Å². The van der Waals surface area contributed by atoms with Gasteiger partial charge in [-0.3, -0.25) is 4.79 Å². The second kappa shape index (κ2) is 5.83. The first-order chi connectivity index (χ1) is 8.72. The summed E-state index contributed by atoms with van der Waals surface area (Å²) >= 11 is 5.59. The quantitative estimate of drug-likeness (QED) is 0.608. The van der Waals surface area contributed by atoms with Crippen molar-refractivity contribution in [1.29, 1.82) is 0 Å². The zero-order valence-electron chi connectivity index (χ0n) is 10.1. The number of hydrogen-bond acceptors (Lipinski definition) is 3. The van der Waals surface area contributed by atoms with E-state index in [4.69, 9.17) is 16.3 Å². The van der Waals surface area contributed by atoms with Gasteiger partial charge in [0.2, 0.25) is 5.88 Å². The molecule has 0 aliphatic heterocycles. The van der Waals surface area contributed by atoms with E-state index in [1.165, 1.54) is 0 Å². The van der Waals surface area contributed by atoms with E-state index >= 15 is 0 Å². The molecule has 0 bridgehead atoms. The number of unbranched alkanes of at least 4 members (excludes halogenated alkanes) is 1. The molecule has 94 valence electrons. The van der Waals surface area contributed by atoms with Crippen LogP contribution in [0.4, 0.5) is 0 Å². The Labute approximate surface area is 111 Å². The highest BCUT2D eigenvalue weighted by Gasteiger charge is 2.11. The zero-order chi connectivity index (χ0) is 13.0. The number of carbonyl (C=O) groups is 1. The molecule has 18 heavy (non-hydrogen) atoms. The van der Waals surface area contributed by atoms with Gasteiger partial charge in [-0.15, -0.1) is 0 Å². The van der Waals surface area contributed by atoms with Gasteiger partial charge in [0.1, 0.15) is 0 Å². The van der Waals surface area contributed by atoms with Gasteiger partial charge in [0.05, 0.1) is 12.1 Å². The number of nitrogens with zero attached hydrogens (tertiary/aromatic N) is 1. The van der Waals surface area contributed by atoms with Gasteiger partial charge in [0, 0.05) is 17.0 Å². The molecule has 1 heterocycles. The van der Waals surface area contributed by atoms with Crippen LogP contribution in [0, 0.1) is 0 Å². The lowest BCUT2D eigenvalue weighted by atomic mass is 10.1. The standard InChI is InChI=1S/C14H14ClNO2/c1-2-3-8-18-13-9-11(14(15)17)10-6-4-5-7-12(10)16-13/h4-7,9H,2-3,8H2,1H3. The monoisotopic (exact) mass is 263 g/mol. The van der Waals surface area contributed by atoms with Gasteiger partial charge in [-0.1, -0.05) is 31.5 Å². The van der Waals surface area contributed by atoms with E-state index in [-0.39, 0.29) is 0 Å². The SMILES string of the molecule is CCCCOc1cc(C(=O)Cl)c2ccccc2n1. The average Bonchev–Trinajstić information content (AvgIpc) is 2.38. The van der Waals surface area contributed by atoms with Crippen molar-refractivity contribution in [3.05, 3.63) is 35.9 Å². The lowest BCUT2D eigenvalue weighted by molar-refractivity contribution is 0.108. The summed E-state index contributed by atoms with van der Waals surface area (Å²) in [5.41, 5.74) is 1.16. The molecular weight excluding hydrogens is 250 g/mol. The van der Waals surface area contributed by atoms with E-state index in [1.807, 2.05) is 24.3 Å². The van der Waals surface area contributed by atoms with Crippen molar-refractivity contribution >= 4 is 27.7 Å². The number of rotatable bonds is 5. The zero-order valence-corrected chi connectivity index (χ0v) is 10.9. The molecule has 0 aliphatic rings. The van der Waals surface area contributed by atoms with E-state index < -0.39 is 5.24 Å². The summed E-state index contributed by atoms with van der Waals surface area (Å²) < 4.78 is 5.52. The van der Waals surface area contributed by atoms with Gasteiger partial charge in [-0.05, 0) is 24.1 Å². The van der Waals surface area contributed by atoms with Crippen LogP contribution in [0.25, 0.3) is 10.9 Å². The van der Waals surface area contributed by atoms with Crippen LogP contribution in [0.15, 0.2) is 30.3 Å². The Morgan fingerprint density at radius 1 is 1.39 bits per heavy atom. The van der Waals surface area contributed by atoms with Crippen molar-refractivity contribution in [1.82, 2.24) is 4.98 Å². The van der Waals surface area contributed by atoms with Gasteiger partial charge < -0.3 is 4.74 Å². The first-order valence-corrected chi connectivity index (χ1v) is 6.32. The Balaban J connectivity index is 2.41. The molecule has 4 heteroatoms. The van der Waals surface area contributed by atoms with E-state index in [0.717, 1.165) is 23.7 Å². The lowest BCUT2D eigenvalue weighted by Crippen LogP contribution is -2.01. The predicted octanol–water partition coefficient (Wildman–Crippen LogP) is 3.79. The van der Waals surface area contributed by atoms with E-state index in [0.29, 0.717) is 18.1 Å². The minimum Gasteiger partial charge on any atom is -0.478 e. The highest BCUT2D eigenvalue weighted by molar-refractivity contribution is 6.68. The van der Waals surface area contributed by atoms with Crippen molar-refractivity contribution in [2.24, 2.45) is 0 Å². The third-order valence-corrected chi connectivity index (χ3v) is 2.86. The van der Waals surface area contributed by atoms with Gasteiger partial charge >= 0.3 is 0 Å². The van der Waals surface area contributed by atoms with Gasteiger partial charge in [0.25, 0.3) is 5.24 Å². The van der Waals surface area contributed by atoms with Crippen LogP contribution in [0.2, 0.25) is 0 Å². The molecule has 2 aromatic rings. The number of pyridine rings is 1. The Kier molecular flexibility index (Phi) is 4.15. The number of ether oxygens (including phenoxy) is 1. The third-order valence-electron chi connectivity index (χ3n) is 2.65. The second-order valence-electron chi connectivity index (χ2n) is 4.00. The topological polar surface area (TPSA) is 39.2 Å². The maximum absolute atomic E-state index is 11.4. The number of aromatic nitrogens is 1. The first kappa shape index (κ1) is 12.8. The van der Waals surface area contributed by atoms with Crippen LogP contribution in [0.3, 0.4) is 0 Å². The third kappa shape index (κ3) is 2.79. The number of halogens is 1. The molecule has 0 unspecified atom stereocenters. The number of benzene rings is 1. The van der Waals surface area contributed by atoms with Crippen molar-refractivity contribution in [3.8, 4) is 5.88 Å². The fourth-order valence-electron chi connectivity index (χ4n) is 1.71. The fraction of sp³-hybridized carbons (Fsp3) is 0.286. The minimum atomic E-state index is -0.492. The summed E-state index contributed by atoms with van der Waals surface area (Å²) in [5, 5.41) is 0.259. The Morgan fingerprint density at radius 2 is 2.17 bits per heavy atom. The molecule has 0 saturated carbocycles. The first-order valence-electron chi connectivity index (χ1n) is 5.94. The molecule has 0 N–H and O–H groups in total. The van der Waals surface area contributed by atoms with Crippen LogP contribution in [-0.4, -0.2) is 16.8 Å². The lowest BCUT2D eigenvalue weighted by Gasteiger charge is -2.08. The van der Waals surface area contributed by atoms with Crippen molar-refractivity contribution in [2.75, 3.05) is 6.61 Å². The number of carbonyl (C=O) groups excluding carboxylic acids is 1. The summed E-state index contributed by atoms with van der Waals surface area (Å²) in [6.07, 6.45) is 2.01. The summed E-state index contributed by atoms with van der Waals surface area (Å²) in [4.78, 5) is 15.8. The van der Waals surface area contributed by atoms with E-state index in [9.17, 15) is 4.79 Å². The molecule has 0 atom stereocenters. The van der Waals surface area contributed by atoms with Crippen LogP contribution in [-0.2, 0) is 0 Å². The smallest absolute Gasteiger partial charge is 0.253 e. The van der Waals surface area contributed by atoms with Crippen LogP contribution < -0.4 is 4.74 Å². The summed E-state index contributed by atoms with van der Waals surface area (Å²) in [7, 11) is 0. The van der Waals surface area contributed by atoms with Crippen molar-refractivity contribution < 1.29 is 9.53 Å². The van der Waals surface area contributed by atoms with Crippen molar-refractivity contribution in [2.45, 2.75) is 19.8 Å². The largest absolute Gasteiger partial charge is 0.478 e. The molecule has 0 amide bonds. The molecule has 3 nitrogen and oxygen atoms in total. The second-order valence-corrected chi connectivity index (χ2v) is 4.34. The maximum atomic E-state index is 11.4. The van der Waals surface area contributed by atoms with E-state index in [1.54, 1.807) is 6.07 Å². The molecule has 1 aromatic carbocycles. The van der Waals surface area contributed by atoms with Crippen LogP contribution in [0.1, 0.15) is 30.1 Å². The van der Waals surface area contributed by atoms with Crippen LogP contribution >= 0.6 is 11.6 Å². The molecule has 1 aromatic heterocycles. The van der Waals surface area contributed by atoms with E-state index in [2.05, 4.69) is 11.9 Å². The van der Waals surface area contributed by atoms with Gasteiger partial charge in [-0.25, -0.2) is 4.98 Å². The number of fused-ring (bicyclic) bond motifs is 1. The number of para-hydroxylation sites is 1. The highest BCUT2D eigenvalue weighted by Crippen LogP contribution is 2.23. The average molecular weight is 264 g/mol. The summed E-state index contributed by atoms with van der Waals surface area (Å²) in [6.45, 7) is 2.68. The number of hydrogen-bond donors (Lipinski definition) is 0. The summed E-state index contributed by atoms with van der Waals surface area (Å²) in [5.74, 6) is 0.450. The van der Waals surface area contributed by atoms with Gasteiger partial charge in [0.15, 0.2) is 0 Å². The van der Waals surface area contributed by atoms with Gasteiger partial charge in [-0.2, -0.15) is 0 Å². The molecule has 0 radical (unpaired) electrons. The Morgan fingerprint density at radius 3 is 2.89 bits per heavy atom. The normalized spacial score (nSPS) is 10.6. The highest BCUT2D eigenvalue weighted by atomic mass is 35.5. The molecule has 0 fully saturated rings. The summed E-state index contributed by atoms with van der Waals surface area (Å²) in [6, 6.07) is 8.99. The minimum absolute atomic E-state index is 0.439. The maximum Gasteiger partial charge on any atom is 0.253 e. The fourth-order valence-corrected chi connectivity index (χ4v) is 1.87. The molecule has 0 aliphatic carbocycles. The molecular formula is C14H14ClNO2.